The number of hydrogen-bond donors (Lipinski definition) is 0. The van der Waals surface area contributed by atoms with Gasteiger partial charge in [0.1, 0.15) is 0 Å². The molecule has 2 rings (SSSR count). The number of hydrogen-bond acceptors (Lipinski definition) is 3. The van der Waals surface area contributed by atoms with Crippen molar-refractivity contribution in [2.75, 3.05) is 0 Å². The molecule has 0 bridgehead atoms. The molecule has 3 heteroatoms. The average Bonchev–Trinajstić information content (AvgIpc) is 2.55. The lowest BCUT2D eigenvalue weighted by Crippen LogP contribution is -2.54. The summed E-state index contributed by atoms with van der Waals surface area (Å²) in [5, 5.41) is 0. The highest BCUT2D eigenvalue weighted by Gasteiger charge is 2.45. The Bertz CT molecular complexity index is 368. The van der Waals surface area contributed by atoms with Crippen molar-refractivity contribution in [3.63, 3.8) is 0 Å². The number of rotatable bonds is 4. The van der Waals surface area contributed by atoms with Crippen molar-refractivity contribution in [3.05, 3.63) is 0 Å². The minimum absolute atomic E-state index is 0.100. The van der Waals surface area contributed by atoms with E-state index in [0.717, 1.165) is 12.8 Å². The molecule has 0 aromatic carbocycles. The average molecular weight is 327 g/mol. The Hall–Kier alpha value is -0.120. The minimum Gasteiger partial charge on any atom is -0.372 e. The van der Waals surface area contributed by atoms with Gasteiger partial charge in [0.05, 0.1) is 24.4 Å². The topological polar surface area (TPSA) is 27.7 Å². The molecule has 2 saturated heterocycles. The summed E-state index contributed by atoms with van der Waals surface area (Å²) in [4.78, 5) is 0. The molecule has 0 N–H and O–H groups in total. The SMILES string of the molecule is CCC1O[C@@H](O[C@H]2C(CC)OC(C)C(C)[C@H]2C)C(C)[C@H](C)[C@@H]1C. The third kappa shape index (κ3) is 3.77. The fourth-order valence-corrected chi connectivity index (χ4v) is 4.35. The number of ether oxygens (including phenoxy) is 3. The van der Waals surface area contributed by atoms with Crippen LogP contribution in [0.15, 0.2) is 0 Å². The molecule has 3 nitrogen and oxygen atoms in total. The predicted molar refractivity (Wildman–Crippen MR) is 94.3 cm³/mol. The molecule has 0 saturated carbocycles. The molecular weight excluding hydrogens is 288 g/mol. The second kappa shape index (κ2) is 7.84. The van der Waals surface area contributed by atoms with Crippen molar-refractivity contribution in [3.8, 4) is 0 Å². The van der Waals surface area contributed by atoms with E-state index < -0.39 is 0 Å². The van der Waals surface area contributed by atoms with Crippen LogP contribution >= 0.6 is 0 Å². The fourth-order valence-electron chi connectivity index (χ4n) is 4.35. The molecule has 2 aliphatic rings. The molecule has 2 aliphatic heterocycles. The molecule has 0 amide bonds. The summed E-state index contributed by atoms with van der Waals surface area (Å²) in [5.74, 6) is 2.65. The van der Waals surface area contributed by atoms with Gasteiger partial charge in [-0.1, -0.05) is 48.5 Å². The van der Waals surface area contributed by atoms with Gasteiger partial charge >= 0.3 is 0 Å². The van der Waals surface area contributed by atoms with Crippen molar-refractivity contribution in [2.24, 2.45) is 29.6 Å². The van der Waals surface area contributed by atoms with Gasteiger partial charge in [0.2, 0.25) is 0 Å². The van der Waals surface area contributed by atoms with E-state index >= 15 is 0 Å². The monoisotopic (exact) mass is 326 g/mol. The first-order valence-corrected chi connectivity index (χ1v) is 9.78. The van der Waals surface area contributed by atoms with Crippen LogP contribution in [-0.4, -0.2) is 30.7 Å². The second-order valence-corrected chi connectivity index (χ2v) is 8.14. The molecule has 136 valence electrons. The molecule has 0 aliphatic carbocycles. The molecule has 0 aromatic heterocycles. The van der Waals surface area contributed by atoms with Gasteiger partial charge in [-0.25, -0.2) is 0 Å². The van der Waals surface area contributed by atoms with Gasteiger partial charge in [-0.3, -0.25) is 0 Å². The van der Waals surface area contributed by atoms with Crippen molar-refractivity contribution in [1.29, 1.82) is 0 Å². The summed E-state index contributed by atoms with van der Waals surface area (Å²) in [6.45, 7) is 18.1. The van der Waals surface area contributed by atoms with Crippen LogP contribution in [-0.2, 0) is 14.2 Å². The molecule has 0 spiro atoms. The fraction of sp³-hybridized carbons (Fsp3) is 1.00. The van der Waals surface area contributed by atoms with E-state index in [-0.39, 0.29) is 18.5 Å². The zero-order valence-electron chi connectivity index (χ0n) is 16.4. The third-order valence-corrected chi connectivity index (χ3v) is 6.92. The third-order valence-electron chi connectivity index (χ3n) is 6.92. The Kier molecular flexibility index (Phi) is 6.55. The zero-order chi connectivity index (χ0) is 17.3. The van der Waals surface area contributed by atoms with Gasteiger partial charge in [0.15, 0.2) is 6.29 Å². The summed E-state index contributed by atoms with van der Waals surface area (Å²) < 4.78 is 19.2. The van der Waals surface area contributed by atoms with Crippen LogP contribution < -0.4 is 0 Å². The second-order valence-electron chi connectivity index (χ2n) is 8.14. The molecule has 0 aromatic rings. The first kappa shape index (κ1) is 19.2. The van der Waals surface area contributed by atoms with Crippen LogP contribution in [0.1, 0.15) is 68.2 Å². The Labute approximate surface area is 143 Å². The molecule has 5 unspecified atom stereocenters. The van der Waals surface area contributed by atoms with Crippen molar-refractivity contribution in [2.45, 2.75) is 98.9 Å². The van der Waals surface area contributed by atoms with Crippen molar-refractivity contribution in [1.82, 2.24) is 0 Å². The van der Waals surface area contributed by atoms with Crippen molar-refractivity contribution >= 4 is 0 Å². The van der Waals surface area contributed by atoms with E-state index in [1.807, 2.05) is 0 Å². The highest BCUT2D eigenvalue weighted by Crippen LogP contribution is 2.40. The van der Waals surface area contributed by atoms with E-state index in [9.17, 15) is 0 Å². The standard InChI is InChI=1S/C20H38O3/c1-9-17-13(5)11(3)15(7)20(22-17)23-19-14(6)12(4)16(8)21-18(19)10-2/h11-20H,9-10H2,1-8H3/t11-,12?,13+,14-,15?,16?,17?,18?,19-,20+/m1/s1. The molecule has 0 radical (unpaired) electrons. The normalized spacial score (nSPS) is 51.7. The summed E-state index contributed by atoms with van der Waals surface area (Å²) in [6, 6.07) is 0. The van der Waals surface area contributed by atoms with Crippen LogP contribution in [0.5, 0.6) is 0 Å². The van der Waals surface area contributed by atoms with Crippen LogP contribution in [0.3, 0.4) is 0 Å². The molecular formula is C20H38O3. The molecule has 23 heavy (non-hydrogen) atoms. The first-order chi connectivity index (χ1) is 10.8. The smallest absolute Gasteiger partial charge is 0.161 e. The van der Waals surface area contributed by atoms with Gasteiger partial charge in [-0.2, -0.15) is 0 Å². The van der Waals surface area contributed by atoms with Gasteiger partial charge in [0, 0.05) is 5.92 Å². The largest absolute Gasteiger partial charge is 0.372 e. The zero-order valence-corrected chi connectivity index (χ0v) is 16.4. The molecule has 2 fully saturated rings. The highest BCUT2D eigenvalue weighted by molar-refractivity contribution is 4.89. The van der Waals surface area contributed by atoms with Crippen LogP contribution in [0.25, 0.3) is 0 Å². The summed E-state index contributed by atoms with van der Waals surface area (Å²) in [7, 11) is 0. The molecule has 2 heterocycles. The summed E-state index contributed by atoms with van der Waals surface area (Å²) in [6.07, 6.45) is 2.88. The Morgan fingerprint density at radius 3 is 1.83 bits per heavy atom. The first-order valence-electron chi connectivity index (χ1n) is 9.78. The Morgan fingerprint density at radius 1 is 0.652 bits per heavy atom. The lowest BCUT2D eigenvalue weighted by Gasteiger charge is -2.48. The van der Waals surface area contributed by atoms with E-state index in [1.54, 1.807) is 0 Å². The summed E-state index contributed by atoms with van der Waals surface area (Å²) in [5.41, 5.74) is 0. The maximum absolute atomic E-state index is 6.58. The van der Waals surface area contributed by atoms with E-state index in [4.69, 9.17) is 14.2 Å². The van der Waals surface area contributed by atoms with Crippen LogP contribution in [0.2, 0.25) is 0 Å². The van der Waals surface area contributed by atoms with Gasteiger partial charge in [0.25, 0.3) is 0 Å². The maximum atomic E-state index is 6.58. The van der Waals surface area contributed by atoms with Gasteiger partial charge in [-0.05, 0) is 43.4 Å². The van der Waals surface area contributed by atoms with Crippen LogP contribution in [0.4, 0.5) is 0 Å². The lowest BCUT2D eigenvalue weighted by atomic mass is 9.77. The Balaban J connectivity index is 2.11. The van der Waals surface area contributed by atoms with Gasteiger partial charge in [-0.15, -0.1) is 0 Å². The lowest BCUT2D eigenvalue weighted by molar-refractivity contribution is -0.299. The predicted octanol–water partition coefficient (Wildman–Crippen LogP) is 4.88. The minimum atomic E-state index is -0.100. The molecule has 10 atom stereocenters. The summed E-state index contributed by atoms with van der Waals surface area (Å²) >= 11 is 0. The maximum Gasteiger partial charge on any atom is 0.161 e. The van der Waals surface area contributed by atoms with E-state index in [1.165, 1.54) is 0 Å². The van der Waals surface area contributed by atoms with E-state index in [0.29, 0.717) is 41.8 Å². The van der Waals surface area contributed by atoms with E-state index in [2.05, 4.69) is 55.4 Å². The Morgan fingerprint density at radius 2 is 1.26 bits per heavy atom. The van der Waals surface area contributed by atoms with Crippen LogP contribution in [0, 0.1) is 29.6 Å². The van der Waals surface area contributed by atoms with Gasteiger partial charge < -0.3 is 14.2 Å². The highest BCUT2D eigenvalue weighted by atomic mass is 16.7. The van der Waals surface area contributed by atoms with Crippen molar-refractivity contribution < 1.29 is 14.2 Å². The quantitative estimate of drug-likeness (QED) is 0.736.